The monoisotopic (exact) mass is 555 g/mol. The van der Waals surface area contributed by atoms with Crippen LogP contribution < -0.4 is 9.62 Å². The Morgan fingerprint density at radius 1 is 1.00 bits per heavy atom. The molecule has 0 aliphatic carbocycles. The second kappa shape index (κ2) is 13.3. The Morgan fingerprint density at radius 3 is 2.06 bits per heavy atom. The van der Waals surface area contributed by atoms with Crippen molar-refractivity contribution >= 4 is 50.7 Å². The van der Waals surface area contributed by atoms with Crippen molar-refractivity contribution in [3.05, 3.63) is 63.6 Å². The van der Waals surface area contributed by atoms with E-state index >= 15 is 0 Å². The summed E-state index contributed by atoms with van der Waals surface area (Å²) in [7, 11) is -3.80. The fourth-order valence-electron chi connectivity index (χ4n) is 3.71. The van der Waals surface area contributed by atoms with E-state index in [-0.39, 0.29) is 18.4 Å². The zero-order chi connectivity index (χ0) is 27.0. The molecule has 2 rings (SSSR count). The lowest BCUT2D eigenvalue weighted by atomic mass is 10.1. The maximum absolute atomic E-state index is 13.7. The van der Waals surface area contributed by atoms with E-state index in [1.807, 2.05) is 32.9 Å². The Morgan fingerprint density at radius 2 is 1.58 bits per heavy atom. The highest BCUT2D eigenvalue weighted by atomic mass is 35.5. The van der Waals surface area contributed by atoms with Crippen LogP contribution in [0.5, 0.6) is 0 Å². The van der Waals surface area contributed by atoms with Crippen molar-refractivity contribution in [2.75, 3.05) is 23.7 Å². The summed E-state index contributed by atoms with van der Waals surface area (Å²) in [6.45, 7) is 7.68. The third-order valence-corrected chi connectivity index (χ3v) is 7.62. The molecular formula is C26H35Cl2N3O4S. The second-order valence-corrected chi connectivity index (χ2v) is 11.8. The maximum atomic E-state index is 13.7. The number of rotatable bonds is 12. The lowest BCUT2D eigenvalue weighted by molar-refractivity contribution is -0.140. The van der Waals surface area contributed by atoms with Gasteiger partial charge < -0.3 is 10.2 Å². The van der Waals surface area contributed by atoms with Crippen LogP contribution in [0.2, 0.25) is 10.0 Å². The highest BCUT2D eigenvalue weighted by Crippen LogP contribution is 2.27. The molecule has 2 aromatic rings. The predicted molar refractivity (Wildman–Crippen MR) is 147 cm³/mol. The normalized spacial score (nSPS) is 12.3. The molecule has 1 atom stereocenters. The van der Waals surface area contributed by atoms with Crippen LogP contribution in [-0.2, 0) is 32.6 Å². The largest absolute Gasteiger partial charge is 0.354 e. The minimum atomic E-state index is -3.80. The van der Waals surface area contributed by atoms with Crippen LogP contribution >= 0.6 is 23.2 Å². The Labute approximate surface area is 224 Å². The third-order valence-electron chi connectivity index (χ3n) is 5.77. The molecule has 10 heteroatoms. The van der Waals surface area contributed by atoms with Crippen LogP contribution in [0.4, 0.5) is 5.69 Å². The van der Waals surface area contributed by atoms with Crippen molar-refractivity contribution in [1.29, 1.82) is 0 Å². The third kappa shape index (κ3) is 8.11. The number of amides is 2. The van der Waals surface area contributed by atoms with Gasteiger partial charge in [0.25, 0.3) is 0 Å². The predicted octanol–water partition coefficient (Wildman–Crippen LogP) is 4.90. The molecule has 0 aromatic heterocycles. The van der Waals surface area contributed by atoms with Crippen LogP contribution in [0.3, 0.4) is 0 Å². The van der Waals surface area contributed by atoms with E-state index in [9.17, 15) is 18.0 Å². The number of carbonyl (C=O) groups excluding carboxylic acids is 2. The van der Waals surface area contributed by atoms with Gasteiger partial charge in [-0.15, -0.1) is 0 Å². The quantitative estimate of drug-likeness (QED) is 0.403. The molecule has 2 aromatic carbocycles. The molecule has 0 saturated heterocycles. The number of benzene rings is 2. The highest BCUT2D eigenvalue weighted by molar-refractivity contribution is 7.92. The van der Waals surface area contributed by atoms with E-state index in [2.05, 4.69) is 5.32 Å². The van der Waals surface area contributed by atoms with Gasteiger partial charge in [0, 0.05) is 28.7 Å². The van der Waals surface area contributed by atoms with Crippen molar-refractivity contribution in [2.24, 2.45) is 5.92 Å². The van der Waals surface area contributed by atoms with Gasteiger partial charge in [0.2, 0.25) is 21.8 Å². The Bertz CT molecular complexity index is 1130. The summed E-state index contributed by atoms with van der Waals surface area (Å²) in [5, 5.41) is 3.59. The standard InChI is InChI=1S/C26H35Cl2N3O4S/c1-6-19-11-13-20(14-12-19)31(36(5,34)35)17-25(32)30(16-21-22(27)9-8-10-23(21)28)24(7-2)26(33)29-15-18(3)4/h8-14,18,24H,6-7,15-17H2,1-5H3,(H,29,33)/t24-/m1/s1. The molecule has 1 N–H and O–H groups in total. The number of anilines is 1. The summed E-state index contributed by atoms with van der Waals surface area (Å²) in [5.41, 5.74) is 1.90. The molecule has 0 radical (unpaired) electrons. The molecule has 0 aliphatic heterocycles. The van der Waals surface area contributed by atoms with Crippen LogP contribution in [-0.4, -0.2) is 50.5 Å². The molecular weight excluding hydrogens is 521 g/mol. The second-order valence-electron chi connectivity index (χ2n) is 9.07. The van der Waals surface area contributed by atoms with Gasteiger partial charge in [0.05, 0.1) is 11.9 Å². The number of hydrogen-bond donors (Lipinski definition) is 1. The molecule has 0 fully saturated rings. The molecule has 0 spiro atoms. The van der Waals surface area contributed by atoms with Gasteiger partial charge in [-0.3, -0.25) is 13.9 Å². The average molecular weight is 557 g/mol. The lowest BCUT2D eigenvalue weighted by Crippen LogP contribution is -2.52. The molecule has 36 heavy (non-hydrogen) atoms. The molecule has 0 saturated carbocycles. The first-order valence-electron chi connectivity index (χ1n) is 12.0. The summed E-state index contributed by atoms with van der Waals surface area (Å²) in [6, 6.07) is 11.2. The number of carbonyl (C=O) groups is 2. The van der Waals surface area contributed by atoms with Crippen LogP contribution in [0.25, 0.3) is 0 Å². The van der Waals surface area contributed by atoms with Crippen molar-refractivity contribution in [2.45, 2.75) is 53.1 Å². The fourth-order valence-corrected chi connectivity index (χ4v) is 5.07. The summed E-state index contributed by atoms with van der Waals surface area (Å²) < 4.78 is 26.4. The van der Waals surface area contributed by atoms with E-state index in [0.717, 1.165) is 22.5 Å². The van der Waals surface area contributed by atoms with Crippen molar-refractivity contribution < 1.29 is 18.0 Å². The molecule has 0 aliphatic rings. The van der Waals surface area contributed by atoms with Gasteiger partial charge >= 0.3 is 0 Å². The van der Waals surface area contributed by atoms with Gasteiger partial charge in [-0.05, 0) is 48.6 Å². The van der Waals surface area contributed by atoms with Gasteiger partial charge in [0.15, 0.2) is 0 Å². The van der Waals surface area contributed by atoms with E-state index in [0.29, 0.717) is 34.3 Å². The molecule has 198 valence electrons. The topological polar surface area (TPSA) is 86.8 Å². The summed E-state index contributed by atoms with van der Waals surface area (Å²) >= 11 is 12.8. The van der Waals surface area contributed by atoms with Crippen molar-refractivity contribution in [3.8, 4) is 0 Å². The Hall–Kier alpha value is -2.29. The number of aryl methyl sites for hydroxylation is 1. The minimum Gasteiger partial charge on any atom is -0.354 e. The highest BCUT2D eigenvalue weighted by Gasteiger charge is 2.32. The molecule has 0 bridgehead atoms. The fraction of sp³-hybridized carbons (Fsp3) is 0.462. The molecule has 2 amide bonds. The van der Waals surface area contributed by atoms with Gasteiger partial charge in [0.1, 0.15) is 12.6 Å². The zero-order valence-corrected chi connectivity index (χ0v) is 23.8. The van der Waals surface area contributed by atoms with E-state index in [1.54, 1.807) is 37.3 Å². The Kier molecular flexibility index (Phi) is 11.1. The minimum absolute atomic E-state index is 0.0443. The smallest absolute Gasteiger partial charge is 0.244 e. The SMILES string of the molecule is CCc1ccc(N(CC(=O)N(Cc2c(Cl)cccc2Cl)[C@H](CC)C(=O)NCC(C)C)S(C)(=O)=O)cc1. The number of halogens is 2. The molecule has 0 unspecified atom stereocenters. The average Bonchev–Trinajstić information content (AvgIpc) is 2.82. The molecule has 0 heterocycles. The van der Waals surface area contributed by atoms with Gasteiger partial charge in [-0.1, -0.05) is 69.1 Å². The number of sulfonamides is 1. The van der Waals surface area contributed by atoms with E-state index in [4.69, 9.17) is 23.2 Å². The summed E-state index contributed by atoms with van der Waals surface area (Å²) in [6.07, 6.45) is 2.17. The van der Waals surface area contributed by atoms with Crippen molar-refractivity contribution in [1.82, 2.24) is 10.2 Å². The zero-order valence-electron chi connectivity index (χ0n) is 21.4. The van der Waals surface area contributed by atoms with Crippen LogP contribution in [0, 0.1) is 5.92 Å². The first-order valence-corrected chi connectivity index (χ1v) is 14.6. The summed E-state index contributed by atoms with van der Waals surface area (Å²) in [4.78, 5) is 28.2. The first kappa shape index (κ1) is 29.9. The number of hydrogen-bond acceptors (Lipinski definition) is 4. The number of nitrogens with zero attached hydrogens (tertiary/aromatic N) is 2. The summed E-state index contributed by atoms with van der Waals surface area (Å²) in [5.74, 6) is -0.635. The number of nitrogens with one attached hydrogen (secondary N) is 1. The van der Waals surface area contributed by atoms with Gasteiger partial charge in [-0.2, -0.15) is 0 Å². The van der Waals surface area contributed by atoms with Gasteiger partial charge in [-0.25, -0.2) is 8.42 Å². The van der Waals surface area contributed by atoms with Crippen LogP contribution in [0.1, 0.15) is 45.2 Å². The van der Waals surface area contributed by atoms with Crippen LogP contribution in [0.15, 0.2) is 42.5 Å². The van der Waals surface area contributed by atoms with E-state index in [1.165, 1.54) is 4.90 Å². The molecule has 7 nitrogen and oxygen atoms in total. The maximum Gasteiger partial charge on any atom is 0.244 e. The van der Waals surface area contributed by atoms with Crippen molar-refractivity contribution in [3.63, 3.8) is 0 Å². The Balaban J connectivity index is 2.47. The lowest BCUT2D eigenvalue weighted by Gasteiger charge is -2.33. The van der Waals surface area contributed by atoms with E-state index < -0.39 is 28.5 Å². The first-order chi connectivity index (χ1) is 16.9.